The molecule has 1 aromatic rings. The summed E-state index contributed by atoms with van der Waals surface area (Å²) in [6, 6.07) is 4.12. The van der Waals surface area contributed by atoms with Crippen molar-refractivity contribution >= 4 is 17.1 Å². The lowest BCUT2D eigenvalue weighted by Gasteiger charge is -2.18. The lowest BCUT2D eigenvalue weighted by atomic mass is 10.2. The van der Waals surface area contributed by atoms with Gasteiger partial charge in [-0.2, -0.15) is 10.1 Å². The highest BCUT2D eigenvalue weighted by atomic mass is 17.1. The van der Waals surface area contributed by atoms with Gasteiger partial charge in [0.05, 0.1) is 6.07 Å². The van der Waals surface area contributed by atoms with Crippen LogP contribution in [0.15, 0.2) is 18.2 Å². The summed E-state index contributed by atoms with van der Waals surface area (Å²) < 4.78 is 0. The molecule has 1 aliphatic heterocycles. The minimum atomic E-state index is -0.730. The van der Waals surface area contributed by atoms with Crippen molar-refractivity contribution < 1.29 is 25.5 Å². The SMILES string of the molecule is CCO[NH+]([O-])c1ccc2c(c1)[NH+]([O-])O[NH+]2[O-]. The van der Waals surface area contributed by atoms with E-state index >= 15 is 0 Å². The zero-order chi connectivity index (χ0) is 11.7. The van der Waals surface area contributed by atoms with E-state index in [1.807, 2.05) is 0 Å². The van der Waals surface area contributed by atoms with Crippen LogP contribution in [0.3, 0.4) is 0 Å². The molecule has 0 fully saturated rings. The lowest BCUT2D eigenvalue weighted by Crippen LogP contribution is -3.15. The number of benzene rings is 1. The molecule has 0 amide bonds. The third-order valence-electron chi connectivity index (χ3n) is 2.16. The van der Waals surface area contributed by atoms with Gasteiger partial charge in [0.25, 0.3) is 0 Å². The Hall–Kier alpha value is -1.10. The number of nitrogens with one attached hydrogen (secondary N) is 3. The van der Waals surface area contributed by atoms with Gasteiger partial charge in [0.15, 0.2) is 5.69 Å². The first-order valence-electron chi connectivity index (χ1n) is 4.71. The normalized spacial score (nSPS) is 25.5. The molecule has 1 heterocycles. The van der Waals surface area contributed by atoms with E-state index in [9.17, 15) is 15.6 Å². The lowest BCUT2D eigenvalue weighted by molar-refractivity contribution is -1.24. The topological polar surface area (TPSA) is 101 Å². The van der Waals surface area contributed by atoms with Crippen LogP contribution in [0.5, 0.6) is 0 Å². The van der Waals surface area contributed by atoms with Gasteiger partial charge in [0.2, 0.25) is 11.4 Å². The predicted octanol–water partition coefficient (Wildman–Crippen LogP) is -2.46. The highest BCUT2D eigenvalue weighted by Crippen LogP contribution is 2.19. The molecule has 0 spiro atoms. The quantitative estimate of drug-likeness (QED) is 0.394. The van der Waals surface area contributed by atoms with Crippen molar-refractivity contribution in [3.63, 3.8) is 0 Å². The molecule has 8 nitrogen and oxygen atoms in total. The molecule has 3 N–H and O–H groups in total. The Balaban J connectivity index is 2.29. The van der Waals surface area contributed by atoms with Crippen LogP contribution in [0.25, 0.3) is 0 Å². The third kappa shape index (κ3) is 1.91. The molecule has 8 heteroatoms. The summed E-state index contributed by atoms with van der Waals surface area (Å²) in [4.78, 5) is 9.17. The summed E-state index contributed by atoms with van der Waals surface area (Å²) in [5.41, 5.74) is 0.515. The molecule has 0 saturated heterocycles. The Kier molecular flexibility index (Phi) is 3.14. The van der Waals surface area contributed by atoms with Crippen LogP contribution in [0, 0.1) is 15.6 Å². The molecular weight excluding hydrogens is 218 g/mol. The molecule has 16 heavy (non-hydrogen) atoms. The average molecular weight is 229 g/mol. The van der Waals surface area contributed by atoms with E-state index < -0.39 is 15.7 Å². The number of rotatable bonds is 3. The van der Waals surface area contributed by atoms with Gasteiger partial charge in [-0.25, -0.2) is 0 Å². The molecule has 1 aromatic carbocycles. The Morgan fingerprint density at radius 2 is 2.00 bits per heavy atom. The summed E-state index contributed by atoms with van der Waals surface area (Å²) in [5.74, 6) is 0. The molecule has 88 valence electrons. The Morgan fingerprint density at radius 3 is 2.69 bits per heavy atom. The molecule has 0 radical (unpaired) electrons. The van der Waals surface area contributed by atoms with E-state index in [4.69, 9.17) is 4.84 Å². The van der Waals surface area contributed by atoms with Crippen molar-refractivity contribution in [1.82, 2.24) is 0 Å². The molecule has 3 atom stereocenters. The Labute approximate surface area is 90.8 Å². The molecule has 2 rings (SSSR count). The number of fused-ring (bicyclic) bond motifs is 1. The average Bonchev–Trinajstić information content (AvgIpc) is 2.55. The molecule has 0 saturated carbocycles. The Bertz CT molecular complexity index is 388. The molecule has 1 aliphatic rings. The largest absolute Gasteiger partial charge is 0.595 e. The van der Waals surface area contributed by atoms with Crippen molar-refractivity contribution in [1.29, 1.82) is 0 Å². The highest BCUT2D eigenvalue weighted by Gasteiger charge is 2.31. The van der Waals surface area contributed by atoms with Gasteiger partial charge < -0.3 is 15.6 Å². The minimum absolute atomic E-state index is 0.107. The van der Waals surface area contributed by atoms with Gasteiger partial charge in [-0.15, -0.1) is 10.5 Å². The second kappa shape index (κ2) is 4.41. The van der Waals surface area contributed by atoms with Crippen molar-refractivity contribution in [2.24, 2.45) is 0 Å². The minimum Gasteiger partial charge on any atom is -0.595 e. The van der Waals surface area contributed by atoms with E-state index in [2.05, 4.69) is 4.94 Å². The van der Waals surface area contributed by atoms with E-state index in [1.165, 1.54) is 18.2 Å². The third-order valence-corrected chi connectivity index (χ3v) is 2.16. The summed E-state index contributed by atoms with van der Waals surface area (Å²) in [5, 5.41) is 31.8. The highest BCUT2D eigenvalue weighted by molar-refractivity contribution is 5.57. The first kappa shape index (κ1) is 11.4. The molecule has 3 unspecified atom stereocenters. The van der Waals surface area contributed by atoms with Crippen LogP contribution in [0.1, 0.15) is 6.92 Å². The van der Waals surface area contributed by atoms with Crippen molar-refractivity contribution in [2.45, 2.75) is 6.92 Å². The van der Waals surface area contributed by atoms with Gasteiger partial charge >= 0.3 is 0 Å². The first-order valence-corrected chi connectivity index (χ1v) is 4.71. The van der Waals surface area contributed by atoms with E-state index in [0.29, 0.717) is 0 Å². The van der Waals surface area contributed by atoms with E-state index in [0.717, 1.165) is 0 Å². The van der Waals surface area contributed by atoms with Crippen LogP contribution in [-0.4, -0.2) is 6.61 Å². The summed E-state index contributed by atoms with van der Waals surface area (Å²) in [6.45, 7) is 1.93. The maximum absolute atomic E-state index is 11.4. The van der Waals surface area contributed by atoms with Gasteiger partial charge in [0.1, 0.15) is 6.61 Å². The van der Waals surface area contributed by atoms with Crippen LogP contribution >= 0.6 is 0 Å². The standard InChI is InChI=1S/C8H11N3O5/c1-2-15-9(12)6-3-4-7-8(5-6)11(14)16-10(7)13/h3-5,9-11H,2H2,1H3. The second-order valence-corrected chi connectivity index (χ2v) is 3.16. The fourth-order valence-corrected chi connectivity index (χ4v) is 1.43. The van der Waals surface area contributed by atoms with E-state index in [1.54, 1.807) is 6.92 Å². The number of quaternary nitrogens is 3. The predicted molar refractivity (Wildman–Crippen MR) is 51.1 cm³/mol. The molecular formula is C8H11N3O5. The number of hydrogen-bond donors (Lipinski definition) is 3. The fourth-order valence-electron chi connectivity index (χ4n) is 1.43. The maximum Gasteiger partial charge on any atom is 0.239 e. The molecule has 0 aliphatic carbocycles. The van der Waals surface area contributed by atoms with Gasteiger partial charge in [0, 0.05) is 17.1 Å². The van der Waals surface area contributed by atoms with Gasteiger partial charge in [-0.1, -0.05) is 0 Å². The van der Waals surface area contributed by atoms with E-state index in [-0.39, 0.29) is 23.7 Å². The van der Waals surface area contributed by atoms with Crippen LogP contribution < -0.4 is 15.7 Å². The van der Waals surface area contributed by atoms with Crippen LogP contribution in [0.4, 0.5) is 17.1 Å². The van der Waals surface area contributed by atoms with Gasteiger partial charge in [-0.3, -0.25) is 0 Å². The second-order valence-electron chi connectivity index (χ2n) is 3.16. The van der Waals surface area contributed by atoms with Crippen molar-refractivity contribution in [3.05, 3.63) is 33.8 Å². The number of hydrogen-bond acceptors (Lipinski definition) is 5. The maximum atomic E-state index is 11.4. The van der Waals surface area contributed by atoms with Crippen molar-refractivity contribution in [3.8, 4) is 0 Å². The zero-order valence-corrected chi connectivity index (χ0v) is 8.48. The first-order chi connectivity index (χ1) is 7.63. The molecule has 0 aromatic heterocycles. The zero-order valence-electron chi connectivity index (χ0n) is 8.48. The Morgan fingerprint density at radius 1 is 1.31 bits per heavy atom. The summed E-state index contributed by atoms with van der Waals surface area (Å²) >= 11 is 0. The smallest absolute Gasteiger partial charge is 0.239 e. The summed E-state index contributed by atoms with van der Waals surface area (Å²) in [7, 11) is 0. The van der Waals surface area contributed by atoms with Gasteiger partial charge in [-0.05, 0) is 6.92 Å². The summed E-state index contributed by atoms with van der Waals surface area (Å²) in [6.07, 6.45) is 0. The van der Waals surface area contributed by atoms with Crippen LogP contribution in [0.2, 0.25) is 0 Å². The van der Waals surface area contributed by atoms with Crippen molar-refractivity contribution in [2.75, 3.05) is 6.61 Å². The fraction of sp³-hybridized carbons (Fsp3) is 0.250. The van der Waals surface area contributed by atoms with Crippen LogP contribution in [-0.2, 0) is 9.78 Å². The monoisotopic (exact) mass is 229 g/mol. The molecule has 0 bridgehead atoms.